The number of fused-ring (bicyclic) bond motifs is 1. The second-order valence-electron chi connectivity index (χ2n) is 8.46. The first-order chi connectivity index (χ1) is 17.7. The maximum absolute atomic E-state index is 13.0. The van der Waals surface area contributed by atoms with Gasteiger partial charge in [0.1, 0.15) is 40.6 Å². The highest BCUT2D eigenvalue weighted by atomic mass is 32.2. The molecule has 2 aromatic carbocycles. The Morgan fingerprint density at radius 2 is 1.92 bits per heavy atom. The largest absolute Gasteiger partial charge is 0.491 e. The van der Waals surface area contributed by atoms with Gasteiger partial charge in [-0.1, -0.05) is 0 Å². The first-order valence-electron chi connectivity index (χ1n) is 11.5. The summed E-state index contributed by atoms with van der Waals surface area (Å²) < 4.78 is 49.4. The Morgan fingerprint density at radius 1 is 1.14 bits per heavy atom. The van der Waals surface area contributed by atoms with Gasteiger partial charge in [0.05, 0.1) is 24.7 Å². The van der Waals surface area contributed by atoms with Crippen LogP contribution in [0, 0.1) is 6.92 Å². The molecule has 37 heavy (non-hydrogen) atoms. The molecule has 0 unspecified atom stereocenters. The van der Waals surface area contributed by atoms with Gasteiger partial charge in [-0.05, 0) is 38.1 Å². The summed E-state index contributed by atoms with van der Waals surface area (Å²) in [5.74, 6) is 1.07. The van der Waals surface area contributed by atoms with E-state index < -0.39 is 15.9 Å². The van der Waals surface area contributed by atoms with Gasteiger partial charge in [-0.25, -0.2) is 13.4 Å². The summed E-state index contributed by atoms with van der Waals surface area (Å²) in [5, 5.41) is 2.70. The molecule has 2 heterocycles. The van der Waals surface area contributed by atoms with Crippen LogP contribution in [0.25, 0.3) is 0 Å². The Hall–Kier alpha value is -3.74. The molecular formula is C25H28N4O7S. The number of rotatable bonds is 8. The molecule has 1 aliphatic heterocycles. The van der Waals surface area contributed by atoms with Crippen molar-refractivity contribution >= 4 is 21.7 Å². The van der Waals surface area contributed by atoms with Crippen LogP contribution in [0.2, 0.25) is 0 Å². The number of ether oxygens (including phenoxy) is 4. The van der Waals surface area contributed by atoms with Crippen molar-refractivity contribution < 1.29 is 32.2 Å². The number of nitrogens with one attached hydrogen (secondary N) is 1. The predicted molar refractivity (Wildman–Crippen MR) is 135 cm³/mol. The zero-order chi connectivity index (χ0) is 26.6. The Morgan fingerprint density at radius 3 is 2.65 bits per heavy atom. The lowest BCUT2D eigenvalue weighted by Crippen LogP contribution is -2.28. The minimum absolute atomic E-state index is 0.0598. The van der Waals surface area contributed by atoms with Crippen molar-refractivity contribution in [1.29, 1.82) is 0 Å². The molecule has 0 spiro atoms. The lowest BCUT2D eigenvalue weighted by atomic mass is 10.2. The van der Waals surface area contributed by atoms with Gasteiger partial charge in [0.2, 0.25) is 10.0 Å². The molecule has 0 bridgehead atoms. The monoisotopic (exact) mass is 528 g/mol. The van der Waals surface area contributed by atoms with E-state index in [1.807, 2.05) is 6.92 Å². The number of carbonyl (C=O) groups is 1. The van der Waals surface area contributed by atoms with E-state index in [0.29, 0.717) is 29.7 Å². The standard InChI is InChI=1S/C25H28N4O7S/c1-16-13-27-24(14-26-16)28-25(30)18-9-20(35-17(2)15-33-4)11-21(10-18)36-19-5-6-23-22(12-19)34-8-7-29(3)37(23,31)32/h5-6,9-14,17H,7-8,15H2,1-4H3,(H,27,28,30)/t17-/m0/s1. The van der Waals surface area contributed by atoms with E-state index in [1.54, 1.807) is 38.4 Å². The number of anilines is 1. The number of amides is 1. The van der Waals surface area contributed by atoms with Crippen LogP contribution in [-0.4, -0.2) is 68.6 Å². The molecule has 1 N–H and O–H groups in total. The summed E-state index contributed by atoms with van der Waals surface area (Å²) >= 11 is 0. The minimum Gasteiger partial charge on any atom is -0.491 e. The average molecular weight is 529 g/mol. The minimum atomic E-state index is -3.67. The van der Waals surface area contributed by atoms with E-state index in [1.165, 1.54) is 35.7 Å². The SMILES string of the molecule is COC[C@H](C)Oc1cc(Oc2ccc3c(c2)OCCN(C)S3(=O)=O)cc(C(=O)Nc2cnc(C)cn2)c1. The number of hydrogen-bond acceptors (Lipinski definition) is 9. The van der Waals surface area contributed by atoms with E-state index in [0.717, 1.165) is 5.69 Å². The van der Waals surface area contributed by atoms with Crippen molar-refractivity contribution in [1.82, 2.24) is 14.3 Å². The fraction of sp³-hybridized carbons (Fsp3) is 0.320. The molecule has 196 valence electrons. The van der Waals surface area contributed by atoms with Gasteiger partial charge in [0, 0.05) is 38.4 Å². The molecule has 1 atom stereocenters. The fourth-order valence-electron chi connectivity index (χ4n) is 3.56. The number of nitrogens with zero attached hydrogens (tertiary/aromatic N) is 3. The summed E-state index contributed by atoms with van der Waals surface area (Å²) in [5.41, 5.74) is 0.982. The van der Waals surface area contributed by atoms with E-state index >= 15 is 0 Å². The summed E-state index contributed by atoms with van der Waals surface area (Å²) in [7, 11) is -0.594. The van der Waals surface area contributed by atoms with Gasteiger partial charge in [-0.3, -0.25) is 9.78 Å². The zero-order valence-electron chi connectivity index (χ0n) is 20.9. The lowest BCUT2D eigenvalue weighted by molar-refractivity contribution is 0.0915. The fourth-order valence-corrected chi connectivity index (χ4v) is 4.83. The van der Waals surface area contributed by atoms with Crippen LogP contribution < -0.4 is 19.5 Å². The van der Waals surface area contributed by atoms with Crippen LogP contribution in [0.5, 0.6) is 23.0 Å². The van der Waals surface area contributed by atoms with Crippen LogP contribution in [-0.2, 0) is 14.8 Å². The van der Waals surface area contributed by atoms with Crippen molar-refractivity contribution in [2.24, 2.45) is 0 Å². The third kappa shape index (κ3) is 6.34. The van der Waals surface area contributed by atoms with Gasteiger partial charge >= 0.3 is 0 Å². The quantitative estimate of drug-likeness (QED) is 0.468. The molecule has 0 aliphatic carbocycles. The van der Waals surface area contributed by atoms with Crippen LogP contribution >= 0.6 is 0 Å². The number of hydrogen-bond donors (Lipinski definition) is 1. The molecule has 12 heteroatoms. The Labute approximate surface area is 215 Å². The van der Waals surface area contributed by atoms with Crippen molar-refractivity contribution in [3.8, 4) is 23.0 Å². The number of likely N-dealkylation sites (N-methyl/N-ethyl adjacent to an activating group) is 1. The molecule has 0 fully saturated rings. The normalized spacial score (nSPS) is 15.6. The molecule has 1 aliphatic rings. The third-order valence-corrected chi connectivity index (χ3v) is 7.30. The smallest absolute Gasteiger partial charge is 0.257 e. The molecule has 11 nitrogen and oxygen atoms in total. The Bertz CT molecular complexity index is 1380. The summed E-state index contributed by atoms with van der Waals surface area (Å²) in [6.45, 7) is 4.41. The first kappa shape index (κ1) is 26.3. The van der Waals surface area contributed by atoms with E-state index in [9.17, 15) is 13.2 Å². The maximum Gasteiger partial charge on any atom is 0.257 e. The number of benzene rings is 2. The maximum atomic E-state index is 13.0. The van der Waals surface area contributed by atoms with Crippen LogP contribution in [0.1, 0.15) is 23.0 Å². The van der Waals surface area contributed by atoms with Crippen molar-refractivity contribution in [2.45, 2.75) is 24.8 Å². The number of carbonyl (C=O) groups excluding carboxylic acids is 1. The molecule has 0 saturated heterocycles. The average Bonchev–Trinajstić information content (AvgIpc) is 2.95. The summed E-state index contributed by atoms with van der Waals surface area (Å²) in [4.78, 5) is 21.3. The van der Waals surface area contributed by atoms with Gasteiger partial charge in [-0.15, -0.1) is 0 Å². The van der Waals surface area contributed by atoms with Crippen LogP contribution in [0.3, 0.4) is 0 Å². The Balaban J connectivity index is 1.64. The Kier molecular flexibility index (Phi) is 7.91. The van der Waals surface area contributed by atoms with Crippen LogP contribution in [0.15, 0.2) is 53.7 Å². The van der Waals surface area contributed by atoms with Gasteiger partial charge < -0.3 is 24.3 Å². The van der Waals surface area contributed by atoms with E-state index in [2.05, 4.69) is 15.3 Å². The number of aromatic nitrogens is 2. The molecule has 0 radical (unpaired) electrons. The van der Waals surface area contributed by atoms with E-state index in [-0.39, 0.29) is 35.5 Å². The second-order valence-corrected chi connectivity index (χ2v) is 10.5. The van der Waals surface area contributed by atoms with Crippen LogP contribution in [0.4, 0.5) is 5.82 Å². The molecule has 1 aromatic heterocycles. The van der Waals surface area contributed by atoms with Gasteiger partial charge in [-0.2, -0.15) is 4.31 Å². The highest BCUT2D eigenvalue weighted by Gasteiger charge is 2.28. The van der Waals surface area contributed by atoms with Crippen molar-refractivity contribution in [3.63, 3.8) is 0 Å². The third-order valence-electron chi connectivity index (χ3n) is 5.41. The molecule has 1 amide bonds. The summed E-state index contributed by atoms with van der Waals surface area (Å²) in [6, 6.07) is 9.23. The first-order valence-corrected chi connectivity index (χ1v) is 12.9. The molecular weight excluding hydrogens is 500 g/mol. The highest BCUT2D eigenvalue weighted by Crippen LogP contribution is 2.35. The number of methoxy groups -OCH3 is 1. The number of aryl methyl sites for hydroxylation is 1. The zero-order valence-corrected chi connectivity index (χ0v) is 21.7. The van der Waals surface area contributed by atoms with Crippen molar-refractivity contribution in [2.75, 3.05) is 39.2 Å². The van der Waals surface area contributed by atoms with Gasteiger partial charge in [0.15, 0.2) is 5.82 Å². The molecule has 0 saturated carbocycles. The van der Waals surface area contributed by atoms with Gasteiger partial charge in [0.25, 0.3) is 5.91 Å². The highest BCUT2D eigenvalue weighted by molar-refractivity contribution is 7.89. The van der Waals surface area contributed by atoms with Crippen molar-refractivity contribution in [3.05, 3.63) is 60.0 Å². The van der Waals surface area contributed by atoms with E-state index in [4.69, 9.17) is 18.9 Å². The predicted octanol–water partition coefficient (Wildman–Crippen LogP) is 3.26. The topological polar surface area (TPSA) is 129 Å². The number of sulfonamides is 1. The molecule has 3 aromatic rings. The second kappa shape index (κ2) is 11.1. The molecule has 4 rings (SSSR count). The summed E-state index contributed by atoms with van der Waals surface area (Å²) in [6.07, 6.45) is 2.73. The lowest BCUT2D eigenvalue weighted by Gasteiger charge is -2.17.